The number of allylic oxidation sites excluding steroid dienone is 8. The summed E-state index contributed by atoms with van der Waals surface area (Å²) >= 11 is 0. The Hall–Kier alpha value is -1.65. The van der Waals surface area contributed by atoms with Crippen molar-refractivity contribution in [2.24, 2.45) is 5.41 Å². The van der Waals surface area contributed by atoms with Crippen molar-refractivity contribution in [1.82, 2.24) is 10.2 Å². The molecule has 1 amide bonds. The lowest BCUT2D eigenvalue weighted by Crippen LogP contribution is -2.34. The fraction of sp³-hybridized carbons (Fsp3) is 0.690. The monoisotopic (exact) mass is 458 g/mol. The molecular formula is C29H50N2O2. The van der Waals surface area contributed by atoms with E-state index in [2.05, 4.69) is 72.7 Å². The van der Waals surface area contributed by atoms with E-state index in [1.165, 1.54) is 51.7 Å². The number of nitrogens with zero attached hydrogens (tertiary/aromatic N) is 1. The van der Waals surface area contributed by atoms with Crippen LogP contribution in [0.3, 0.4) is 0 Å². The topological polar surface area (TPSA) is 52.6 Å². The van der Waals surface area contributed by atoms with Crippen LogP contribution in [0.4, 0.5) is 0 Å². The maximum atomic E-state index is 11.6. The highest BCUT2D eigenvalue weighted by Gasteiger charge is 2.14. The minimum absolute atomic E-state index is 0.0127. The maximum absolute atomic E-state index is 11.6. The van der Waals surface area contributed by atoms with Crippen LogP contribution in [0.2, 0.25) is 0 Å². The first-order valence-corrected chi connectivity index (χ1v) is 13.2. The Balaban J connectivity index is 2.00. The third kappa shape index (κ3) is 17.5. The molecule has 188 valence electrons. The molecule has 1 aliphatic rings. The summed E-state index contributed by atoms with van der Waals surface area (Å²) in [5.74, 6) is 0.0166. The third-order valence-electron chi connectivity index (χ3n) is 6.09. The summed E-state index contributed by atoms with van der Waals surface area (Å²) in [6.07, 6.45) is 29.8. The van der Waals surface area contributed by atoms with Gasteiger partial charge in [0.25, 0.3) is 0 Å². The molecule has 0 spiro atoms. The van der Waals surface area contributed by atoms with Crippen LogP contribution in [0.25, 0.3) is 0 Å². The quantitative estimate of drug-likeness (QED) is 0.186. The molecule has 4 nitrogen and oxygen atoms in total. The smallest absolute Gasteiger partial charge is 0.220 e. The molecule has 1 rings (SSSR count). The standard InChI is InChI=1S/C29H50N2O2/c1-27(26-32)30-28(33)20-14-12-10-8-6-4-5-7-9-11-13-15-21-29(2,3)22-16-17-23-31-24-18-19-25-31/h4-5,8-11,15,21,27,32H,6-7,12-14,16-20,22-26H2,1-3H3,(H,30,33)/b5-4-,10-8-,11-9-,21-15-/t27-/m1/s1. The molecule has 0 bridgehead atoms. The van der Waals surface area contributed by atoms with Crippen LogP contribution in [0.1, 0.15) is 91.4 Å². The largest absolute Gasteiger partial charge is 0.394 e. The first-order valence-electron chi connectivity index (χ1n) is 13.2. The summed E-state index contributed by atoms with van der Waals surface area (Å²) in [6, 6.07) is -0.158. The zero-order valence-electron chi connectivity index (χ0n) is 21.6. The van der Waals surface area contributed by atoms with Gasteiger partial charge < -0.3 is 15.3 Å². The molecular weight excluding hydrogens is 408 g/mol. The van der Waals surface area contributed by atoms with Crippen molar-refractivity contribution in [1.29, 1.82) is 0 Å². The molecule has 0 radical (unpaired) electrons. The first-order chi connectivity index (χ1) is 15.9. The van der Waals surface area contributed by atoms with Gasteiger partial charge in [-0.25, -0.2) is 0 Å². The molecule has 2 N–H and O–H groups in total. The molecule has 0 aliphatic carbocycles. The Kier molecular flexibility index (Phi) is 16.7. The molecule has 0 aromatic heterocycles. The summed E-state index contributed by atoms with van der Waals surface area (Å²) in [5.41, 5.74) is 0.298. The number of nitrogens with one attached hydrogen (secondary N) is 1. The molecule has 0 aromatic carbocycles. The number of carbonyl (C=O) groups excluding carboxylic acids is 1. The lowest BCUT2D eigenvalue weighted by Gasteiger charge is -2.21. The normalized spacial score (nSPS) is 16.7. The van der Waals surface area contributed by atoms with Crippen LogP contribution < -0.4 is 5.32 Å². The van der Waals surface area contributed by atoms with E-state index in [4.69, 9.17) is 5.11 Å². The molecule has 1 heterocycles. The van der Waals surface area contributed by atoms with E-state index in [9.17, 15) is 4.79 Å². The number of aliphatic hydroxyl groups excluding tert-OH is 1. The van der Waals surface area contributed by atoms with Gasteiger partial charge in [0.05, 0.1) is 6.61 Å². The second kappa shape index (κ2) is 18.7. The molecule has 1 aliphatic heterocycles. The molecule has 1 saturated heterocycles. The van der Waals surface area contributed by atoms with E-state index in [0.29, 0.717) is 11.8 Å². The van der Waals surface area contributed by atoms with Crippen molar-refractivity contribution in [2.45, 2.75) is 97.4 Å². The van der Waals surface area contributed by atoms with E-state index in [0.717, 1.165) is 32.1 Å². The third-order valence-corrected chi connectivity index (χ3v) is 6.09. The van der Waals surface area contributed by atoms with Crippen LogP contribution in [-0.4, -0.2) is 48.2 Å². The SMILES string of the molecule is C[C@H](CO)NC(=O)CCC/C=C\C/C=C\C/C=C\C/C=C\C(C)(C)CCCCN1CCCC1. The number of hydrogen-bond donors (Lipinski definition) is 2. The number of likely N-dealkylation sites (tertiary alicyclic amines) is 1. The minimum atomic E-state index is -0.158. The Morgan fingerprint density at radius 1 is 0.939 bits per heavy atom. The highest BCUT2D eigenvalue weighted by molar-refractivity contribution is 5.76. The number of aliphatic hydroxyl groups is 1. The van der Waals surface area contributed by atoms with Crippen LogP contribution in [0, 0.1) is 5.41 Å². The van der Waals surface area contributed by atoms with Gasteiger partial charge in [-0.15, -0.1) is 0 Å². The van der Waals surface area contributed by atoms with Gasteiger partial charge in [0, 0.05) is 12.5 Å². The Morgan fingerprint density at radius 2 is 1.55 bits per heavy atom. The van der Waals surface area contributed by atoms with Crippen LogP contribution in [0.15, 0.2) is 48.6 Å². The summed E-state index contributed by atoms with van der Waals surface area (Å²) in [7, 11) is 0. The zero-order valence-corrected chi connectivity index (χ0v) is 21.6. The number of rotatable bonds is 18. The van der Waals surface area contributed by atoms with E-state index in [-0.39, 0.29) is 18.6 Å². The molecule has 1 fully saturated rings. The zero-order chi connectivity index (χ0) is 24.2. The number of carbonyl (C=O) groups is 1. The highest BCUT2D eigenvalue weighted by Crippen LogP contribution is 2.25. The molecule has 4 heteroatoms. The van der Waals surface area contributed by atoms with Gasteiger partial charge in [0.1, 0.15) is 0 Å². The van der Waals surface area contributed by atoms with E-state index in [1.807, 2.05) is 0 Å². The Morgan fingerprint density at radius 3 is 2.18 bits per heavy atom. The maximum Gasteiger partial charge on any atom is 0.220 e. The molecule has 0 unspecified atom stereocenters. The fourth-order valence-electron chi connectivity index (χ4n) is 4.00. The van der Waals surface area contributed by atoms with E-state index in [1.54, 1.807) is 6.92 Å². The highest BCUT2D eigenvalue weighted by atomic mass is 16.3. The second-order valence-electron chi connectivity index (χ2n) is 10.1. The molecule has 1 atom stereocenters. The predicted molar refractivity (Wildman–Crippen MR) is 142 cm³/mol. The van der Waals surface area contributed by atoms with Crippen molar-refractivity contribution in [3.05, 3.63) is 48.6 Å². The lowest BCUT2D eigenvalue weighted by atomic mass is 9.86. The first kappa shape index (κ1) is 29.4. The molecule has 0 saturated carbocycles. The average molecular weight is 459 g/mol. The minimum Gasteiger partial charge on any atom is -0.394 e. The summed E-state index contributed by atoms with van der Waals surface area (Å²) in [6.45, 7) is 10.4. The second-order valence-corrected chi connectivity index (χ2v) is 10.1. The van der Waals surface area contributed by atoms with Gasteiger partial charge in [-0.05, 0) is 89.8 Å². The van der Waals surface area contributed by atoms with Gasteiger partial charge in [-0.3, -0.25) is 4.79 Å². The Bertz CT molecular complexity index is 613. The van der Waals surface area contributed by atoms with Crippen molar-refractivity contribution in [3.8, 4) is 0 Å². The van der Waals surface area contributed by atoms with Crippen LogP contribution in [-0.2, 0) is 4.79 Å². The number of hydrogen-bond acceptors (Lipinski definition) is 3. The van der Waals surface area contributed by atoms with Crippen molar-refractivity contribution in [3.63, 3.8) is 0 Å². The summed E-state index contributed by atoms with van der Waals surface area (Å²) in [5, 5.41) is 11.7. The van der Waals surface area contributed by atoms with Crippen LogP contribution in [0.5, 0.6) is 0 Å². The summed E-state index contributed by atoms with van der Waals surface area (Å²) in [4.78, 5) is 14.2. The van der Waals surface area contributed by atoms with Gasteiger partial charge in [-0.1, -0.05) is 68.9 Å². The van der Waals surface area contributed by atoms with E-state index >= 15 is 0 Å². The molecule has 0 aromatic rings. The van der Waals surface area contributed by atoms with E-state index < -0.39 is 0 Å². The Labute approximate surface area is 203 Å². The number of unbranched alkanes of at least 4 members (excludes halogenated alkanes) is 2. The van der Waals surface area contributed by atoms with Gasteiger partial charge in [0.2, 0.25) is 5.91 Å². The average Bonchev–Trinajstić information content (AvgIpc) is 3.30. The summed E-state index contributed by atoms with van der Waals surface area (Å²) < 4.78 is 0. The van der Waals surface area contributed by atoms with Gasteiger partial charge in [0.15, 0.2) is 0 Å². The fourth-order valence-corrected chi connectivity index (χ4v) is 4.00. The lowest BCUT2D eigenvalue weighted by molar-refractivity contribution is -0.122. The van der Waals surface area contributed by atoms with Gasteiger partial charge in [-0.2, -0.15) is 0 Å². The predicted octanol–water partition coefficient (Wildman–Crippen LogP) is 6.34. The van der Waals surface area contributed by atoms with Gasteiger partial charge >= 0.3 is 0 Å². The van der Waals surface area contributed by atoms with Crippen molar-refractivity contribution < 1.29 is 9.90 Å². The van der Waals surface area contributed by atoms with Crippen molar-refractivity contribution >= 4 is 5.91 Å². The number of amides is 1. The van der Waals surface area contributed by atoms with Crippen molar-refractivity contribution in [2.75, 3.05) is 26.2 Å². The molecule has 33 heavy (non-hydrogen) atoms. The van der Waals surface area contributed by atoms with Crippen LogP contribution >= 0.6 is 0 Å².